The van der Waals surface area contributed by atoms with Crippen molar-refractivity contribution < 1.29 is 0 Å². The van der Waals surface area contributed by atoms with Gasteiger partial charge >= 0.3 is 0 Å². The first-order chi connectivity index (χ1) is 9.70. The van der Waals surface area contributed by atoms with Gasteiger partial charge in [-0.05, 0) is 25.1 Å². The van der Waals surface area contributed by atoms with E-state index >= 15 is 0 Å². The van der Waals surface area contributed by atoms with E-state index in [9.17, 15) is 0 Å². The second kappa shape index (κ2) is 4.92. The molecule has 102 valence electrons. The van der Waals surface area contributed by atoms with E-state index in [1.54, 1.807) is 6.20 Å². The minimum absolute atomic E-state index is 0.712. The lowest BCUT2D eigenvalue weighted by Crippen LogP contribution is -2.12. The Morgan fingerprint density at radius 2 is 2.00 bits per heavy atom. The molecule has 0 saturated carbocycles. The highest BCUT2D eigenvalue weighted by molar-refractivity contribution is 5.93. The number of aromatic nitrogens is 4. The first-order valence-electron chi connectivity index (χ1n) is 6.65. The lowest BCUT2D eigenvalue weighted by Gasteiger charge is -2.10. The van der Waals surface area contributed by atoms with Crippen LogP contribution < -0.4 is 4.90 Å². The van der Waals surface area contributed by atoms with Crippen LogP contribution in [-0.4, -0.2) is 33.6 Å². The summed E-state index contributed by atoms with van der Waals surface area (Å²) in [5, 5.41) is 1.12. The van der Waals surface area contributed by atoms with E-state index in [2.05, 4.69) is 38.7 Å². The van der Waals surface area contributed by atoms with Crippen molar-refractivity contribution >= 4 is 17.0 Å². The fourth-order valence-electron chi connectivity index (χ4n) is 2.28. The third kappa shape index (κ3) is 2.01. The molecule has 0 saturated heterocycles. The van der Waals surface area contributed by atoms with Crippen molar-refractivity contribution in [3.63, 3.8) is 0 Å². The summed E-state index contributed by atoms with van der Waals surface area (Å²) in [7, 11) is 3.88. The predicted molar refractivity (Wildman–Crippen MR) is 80.8 cm³/mol. The first kappa shape index (κ1) is 12.6. The summed E-state index contributed by atoms with van der Waals surface area (Å²) in [6.45, 7) is 3.00. The van der Waals surface area contributed by atoms with E-state index in [1.807, 2.05) is 37.3 Å². The molecule has 0 atom stereocenters. The van der Waals surface area contributed by atoms with E-state index in [0.29, 0.717) is 5.95 Å². The molecule has 0 amide bonds. The van der Waals surface area contributed by atoms with Crippen LogP contribution in [0.4, 0.5) is 5.95 Å². The number of fused-ring (bicyclic) bond motifs is 1. The number of aryl methyl sites for hydroxylation is 1. The Bertz CT molecular complexity index is 745. The summed E-state index contributed by atoms with van der Waals surface area (Å²) in [6, 6.07) is 5.98. The van der Waals surface area contributed by atoms with Crippen LogP contribution in [0, 0.1) is 0 Å². The first-order valence-corrected chi connectivity index (χ1v) is 6.65. The quantitative estimate of drug-likeness (QED) is 0.731. The number of pyridine rings is 1. The monoisotopic (exact) mass is 267 g/mol. The molecule has 0 aliphatic rings. The average molecular weight is 267 g/mol. The molecule has 0 bridgehead atoms. The molecule has 0 N–H and O–H groups in total. The third-order valence-corrected chi connectivity index (χ3v) is 3.29. The molecule has 0 unspecified atom stereocenters. The second-order valence-corrected chi connectivity index (χ2v) is 4.84. The number of nitrogens with zero attached hydrogens (tertiary/aromatic N) is 5. The highest BCUT2D eigenvalue weighted by Gasteiger charge is 2.12. The standard InChI is InChI=1S/C15H17N5/c1-4-20-10-12(11-6-5-8-16-14(11)20)13-7-9-17-15(18-13)19(2)3/h5-10H,4H2,1-3H3. The Morgan fingerprint density at radius 3 is 2.75 bits per heavy atom. The summed E-state index contributed by atoms with van der Waals surface area (Å²) < 4.78 is 2.14. The van der Waals surface area contributed by atoms with Crippen molar-refractivity contribution in [2.24, 2.45) is 0 Å². The maximum absolute atomic E-state index is 4.61. The van der Waals surface area contributed by atoms with Crippen LogP contribution in [0.25, 0.3) is 22.3 Å². The zero-order valence-corrected chi connectivity index (χ0v) is 11.9. The van der Waals surface area contributed by atoms with Gasteiger partial charge in [0.15, 0.2) is 0 Å². The molecule has 0 spiro atoms. The van der Waals surface area contributed by atoms with Gasteiger partial charge in [0.2, 0.25) is 5.95 Å². The maximum atomic E-state index is 4.61. The molecular weight excluding hydrogens is 250 g/mol. The lowest BCUT2D eigenvalue weighted by molar-refractivity contribution is 0.788. The minimum atomic E-state index is 0.712. The van der Waals surface area contributed by atoms with Crippen LogP contribution in [0.5, 0.6) is 0 Å². The predicted octanol–water partition coefficient (Wildman–Crippen LogP) is 2.58. The molecule has 3 rings (SSSR count). The van der Waals surface area contributed by atoms with Crippen LogP contribution >= 0.6 is 0 Å². The van der Waals surface area contributed by atoms with Gasteiger partial charge in [-0.2, -0.15) is 0 Å². The normalized spacial score (nSPS) is 10.9. The zero-order valence-electron chi connectivity index (χ0n) is 11.9. The van der Waals surface area contributed by atoms with Crippen molar-refractivity contribution in [3.8, 4) is 11.3 Å². The molecule has 5 heteroatoms. The smallest absolute Gasteiger partial charge is 0.225 e. The maximum Gasteiger partial charge on any atom is 0.225 e. The number of rotatable bonds is 3. The van der Waals surface area contributed by atoms with Gasteiger partial charge in [0.1, 0.15) is 5.65 Å². The molecular formula is C15H17N5. The molecule has 0 aliphatic carbocycles. The Morgan fingerprint density at radius 1 is 1.15 bits per heavy atom. The van der Waals surface area contributed by atoms with Crippen molar-refractivity contribution in [1.29, 1.82) is 0 Å². The molecule has 5 nitrogen and oxygen atoms in total. The topological polar surface area (TPSA) is 46.8 Å². The van der Waals surface area contributed by atoms with Crippen molar-refractivity contribution in [3.05, 3.63) is 36.8 Å². The Labute approximate surface area is 117 Å². The van der Waals surface area contributed by atoms with Gasteiger partial charge in [0, 0.05) is 50.2 Å². The molecule has 0 radical (unpaired) electrons. The van der Waals surface area contributed by atoms with Crippen LogP contribution in [0.1, 0.15) is 6.92 Å². The van der Waals surface area contributed by atoms with E-state index in [1.165, 1.54) is 0 Å². The lowest BCUT2D eigenvalue weighted by atomic mass is 10.1. The summed E-state index contributed by atoms with van der Waals surface area (Å²) in [6.07, 6.45) is 5.73. The van der Waals surface area contributed by atoms with Crippen LogP contribution in [0.2, 0.25) is 0 Å². The molecule has 0 aromatic carbocycles. The molecule has 0 fully saturated rings. The molecule has 3 heterocycles. The molecule has 3 aromatic rings. The largest absolute Gasteiger partial charge is 0.347 e. The Hall–Kier alpha value is -2.43. The van der Waals surface area contributed by atoms with Crippen LogP contribution in [-0.2, 0) is 6.54 Å². The molecule has 0 aliphatic heterocycles. The van der Waals surface area contributed by atoms with Gasteiger partial charge in [-0.15, -0.1) is 0 Å². The zero-order chi connectivity index (χ0) is 14.1. The van der Waals surface area contributed by atoms with Crippen LogP contribution in [0.3, 0.4) is 0 Å². The van der Waals surface area contributed by atoms with Gasteiger partial charge in [-0.1, -0.05) is 0 Å². The van der Waals surface area contributed by atoms with E-state index in [-0.39, 0.29) is 0 Å². The highest BCUT2D eigenvalue weighted by atomic mass is 15.2. The van der Waals surface area contributed by atoms with E-state index < -0.39 is 0 Å². The van der Waals surface area contributed by atoms with Gasteiger partial charge < -0.3 is 9.47 Å². The van der Waals surface area contributed by atoms with Crippen LogP contribution in [0.15, 0.2) is 36.8 Å². The highest BCUT2D eigenvalue weighted by Crippen LogP contribution is 2.28. The van der Waals surface area contributed by atoms with Crippen molar-refractivity contribution in [1.82, 2.24) is 19.5 Å². The van der Waals surface area contributed by atoms with Crippen molar-refractivity contribution in [2.45, 2.75) is 13.5 Å². The molecule has 3 aromatic heterocycles. The van der Waals surface area contributed by atoms with Gasteiger partial charge in [-0.3, -0.25) is 0 Å². The summed E-state index contributed by atoms with van der Waals surface area (Å²) in [4.78, 5) is 15.2. The minimum Gasteiger partial charge on any atom is -0.347 e. The van der Waals surface area contributed by atoms with E-state index in [0.717, 1.165) is 28.8 Å². The fourth-order valence-corrected chi connectivity index (χ4v) is 2.28. The third-order valence-electron chi connectivity index (χ3n) is 3.29. The average Bonchev–Trinajstić information content (AvgIpc) is 2.86. The Kier molecular flexibility index (Phi) is 3.10. The summed E-state index contributed by atoms with van der Waals surface area (Å²) in [5.74, 6) is 0.712. The number of hydrogen-bond donors (Lipinski definition) is 0. The van der Waals surface area contributed by atoms with Gasteiger partial charge in [0.05, 0.1) is 5.69 Å². The molecule has 20 heavy (non-hydrogen) atoms. The number of anilines is 1. The van der Waals surface area contributed by atoms with Gasteiger partial charge in [-0.25, -0.2) is 15.0 Å². The summed E-state index contributed by atoms with van der Waals surface area (Å²) in [5.41, 5.74) is 3.02. The van der Waals surface area contributed by atoms with E-state index in [4.69, 9.17) is 0 Å². The fraction of sp³-hybridized carbons (Fsp3) is 0.267. The van der Waals surface area contributed by atoms with Crippen molar-refractivity contribution in [2.75, 3.05) is 19.0 Å². The Balaban J connectivity index is 2.22. The summed E-state index contributed by atoms with van der Waals surface area (Å²) >= 11 is 0. The number of hydrogen-bond acceptors (Lipinski definition) is 4. The SMILES string of the molecule is CCn1cc(-c2ccnc(N(C)C)n2)c2cccnc21. The van der Waals surface area contributed by atoms with Gasteiger partial charge in [0.25, 0.3) is 0 Å². The second-order valence-electron chi connectivity index (χ2n) is 4.84.